The van der Waals surface area contributed by atoms with Crippen molar-refractivity contribution in [3.05, 3.63) is 48.0 Å². The van der Waals surface area contributed by atoms with Crippen molar-refractivity contribution in [2.45, 2.75) is 26.3 Å². The molecule has 14 heavy (non-hydrogen) atoms. The first-order chi connectivity index (χ1) is 6.93. The third-order valence-corrected chi connectivity index (χ3v) is 2.06. The monoisotopic (exact) mass is 189 g/mol. The van der Waals surface area contributed by atoms with Crippen molar-refractivity contribution in [2.75, 3.05) is 6.54 Å². The lowest BCUT2D eigenvalue weighted by Gasteiger charge is -2.00. The van der Waals surface area contributed by atoms with Crippen LogP contribution >= 0.6 is 0 Å². The molecule has 1 aromatic carbocycles. The van der Waals surface area contributed by atoms with E-state index in [-0.39, 0.29) is 0 Å². The van der Waals surface area contributed by atoms with E-state index >= 15 is 0 Å². The summed E-state index contributed by atoms with van der Waals surface area (Å²) in [5.74, 6) is 0. The Morgan fingerprint density at radius 3 is 2.64 bits per heavy atom. The predicted octanol–water partition coefficient (Wildman–Crippen LogP) is 3.13. The van der Waals surface area contributed by atoms with E-state index in [1.165, 1.54) is 18.4 Å². The first kappa shape index (κ1) is 11.0. The van der Waals surface area contributed by atoms with E-state index < -0.39 is 0 Å². The van der Waals surface area contributed by atoms with Gasteiger partial charge in [-0.1, -0.05) is 55.8 Å². The van der Waals surface area contributed by atoms with E-state index in [9.17, 15) is 0 Å². The molecule has 0 aromatic heterocycles. The molecule has 0 aliphatic heterocycles. The van der Waals surface area contributed by atoms with Crippen LogP contribution in [0.2, 0.25) is 0 Å². The molecule has 0 saturated carbocycles. The number of allylic oxidation sites excluding steroid dienone is 1. The Morgan fingerprint density at radius 2 is 1.93 bits per heavy atom. The molecule has 76 valence electrons. The van der Waals surface area contributed by atoms with Crippen molar-refractivity contribution in [3.8, 4) is 0 Å². The summed E-state index contributed by atoms with van der Waals surface area (Å²) in [5, 5.41) is 3.37. The van der Waals surface area contributed by atoms with E-state index in [2.05, 4.69) is 48.7 Å². The molecule has 0 fully saturated rings. The molecule has 1 aromatic rings. The van der Waals surface area contributed by atoms with E-state index in [0.29, 0.717) is 0 Å². The van der Waals surface area contributed by atoms with Crippen LogP contribution in [0.3, 0.4) is 0 Å². The van der Waals surface area contributed by atoms with Crippen LogP contribution in [0.5, 0.6) is 0 Å². The fraction of sp³-hybridized carbons (Fsp3) is 0.385. The average Bonchev–Trinajstić information content (AvgIpc) is 2.25. The number of hydrogen-bond acceptors (Lipinski definition) is 1. The highest BCUT2D eigenvalue weighted by Crippen LogP contribution is 1.96. The Morgan fingerprint density at radius 1 is 1.14 bits per heavy atom. The van der Waals surface area contributed by atoms with Gasteiger partial charge >= 0.3 is 0 Å². The largest absolute Gasteiger partial charge is 0.309 e. The molecule has 0 saturated heterocycles. The molecular formula is C13H19N. The molecule has 0 heterocycles. The number of unbranched alkanes of at least 4 members (excludes halogenated alkanes) is 1. The Kier molecular flexibility index (Phi) is 5.76. The number of benzene rings is 1. The summed E-state index contributed by atoms with van der Waals surface area (Å²) in [6.45, 7) is 4.12. The second-order valence-electron chi connectivity index (χ2n) is 3.38. The van der Waals surface area contributed by atoms with Gasteiger partial charge in [-0.15, -0.1) is 0 Å². The van der Waals surface area contributed by atoms with Gasteiger partial charge in [0.2, 0.25) is 0 Å². The lowest BCUT2D eigenvalue weighted by atomic mass is 10.2. The van der Waals surface area contributed by atoms with Crippen LogP contribution in [0.1, 0.15) is 25.3 Å². The molecular weight excluding hydrogens is 170 g/mol. The molecule has 1 nitrogen and oxygen atoms in total. The SMILES string of the molecule is CCCC=CCNCc1ccccc1. The van der Waals surface area contributed by atoms with E-state index in [1.807, 2.05) is 6.07 Å². The van der Waals surface area contributed by atoms with Crippen LogP contribution in [-0.4, -0.2) is 6.54 Å². The molecule has 0 unspecified atom stereocenters. The summed E-state index contributed by atoms with van der Waals surface area (Å²) in [7, 11) is 0. The van der Waals surface area contributed by atoms with Gasteiger partial charge in [0.25, 0.3) is 0 Å². The zero-order chi connectivity index (χ0) is 10.1. The maximum absolute atomic E-state index is 3.37. The minimum Gasteiger partial charge on any atom is -0.309 e. The fourth-order valence-electron chi connectivity index (χ4n) is 1.26. The summed E-state index contributed by atoms with van der Waals surface area (Å²) in [4.78, 5) is 0. The molecule has 0 bridgehead atoms. The Balaban J connectivity index is 2.10. The molecule has 0 spiro atoms. The number of hydrogen-bond donors (Lipinski definition) is 1. The highest BCUT2D eigenvalue weighted by Gasteiger charge is 1.87. The molecule has 0 amide bonds. The summed E-state index contributed by atoms with van der Waals surface area (Å²) >= 11 is 0. The number of rotatable bonds is 6. The normalized spacial score (nSPS) is 10.9. The van der Waals surface area contributed by atoms with Crippen molar-refractivity contribution >= 4 is 0 Å². The average molecular weight is 189 g/mol. The molecule has 1 rings (SSSR count). The smallest absolute Gasteiger partial charge is 0.0208 e. The fourth-order valence-corrected chi connectivity index (χ4v) is 1.26. The highest BCUT2D eigenvalue weighted by atomic mass is 14.8. The zero-order valence-corrected chi connectivity index (χ0v) is 8.87. The van der Waals surface area contributed by atoms with Crippen molar-refractivity contribution in [1.29, 1.82) is 0 Å². The molecule has 0 atom stereocenters. The van der Waals surface area contributed by atoms with E-state index in [4.69, 9.17) is 0 Å². The summed E-state index contributed by atoms with van der Waals surface area (Å²) < 4.78 is 0. The third kappa shape index (κ3) is 4.83. The van der Waals surface area contributed by atoms with Crippen LogP contribution in [0.15, 0.2) is 42.5 Å². The molecule has 1 N–H and O–H groups in total. The lowest BCUT2D eigenvalue weighted by Crippen LogP contribution is -2.12. The van der Waals surface area contributed by atoms with Gasteiger partial charge < -0.3 is 5.32 Å². The van der Waals surface area contributed by atoms with Crippen LogP contribution in [-0.2, 0) is 6.54 Å². The van der Waals surface area contributed by atoms with Gasteiger partial charge in [0, 0.05) is 13.1 Å². The maximum Gasteiger partial charge on any atom is 0.0208 e. The second-order valence-corrected chi connectivity index (χ2v) is 3.38. The minimum absolute atomic E-state index is 0.956. The van der Waals surface area contributed by atoms with Crippen LogP contribution in [0.25, 0.3) is 0 Å². The Bertz CT molecular complexity index is 251. The Labute approximate surface area is 86.8 Å². The van der Waals surface area contributed by atoms with E-state index in [1.54, 1.807) is 0 Å². The van der Waals surface area contributed by atoms with Gasteiger partial charge in [-0.2, -0.15) is 0 Å². The Hall–Kier alpha value is -1.08. The van der Waals surface area contributed by atoms with Gasteiger partial charge in [-0.05, 0) is 12.0 Å². The second kappa shape index (κ2) is 7.34. The number of nitrogens with one attached hydrogen (secondary N) is 1. The van der Waals surface area contributed by atoms with Gasteiger partial charge in [0.1, 0.15) is 0 Å². The standard InChI is InChI=1S/C13H19N/c1-2-3-4-8-11-14-12-13-9-6-5-7-10-13/h4-10,14H,2-3,11-12H2,1H3. The van der Waals surface area contributed by atoms with Crippen molar-refractivity contribution in [1.82, 2.24) is 5.32 Å². The first-order valence-corrected chi connectivity index (χ1v) is 5.33. The minimum atomic E-state index is 0.956. The third-order valence-electron chi connectivity index (χ3n) is 2.06. The molecule has 0 aliphatic carbocycles. The summed E-state index contributed by atoms with van der Waals surface area (Å²) in [6, 6.07) is 10.5. The quantitative estimate of drug-likeness (QED) is 0.535. The van der Waals surface area contributed by atoms with Crippen LogP contribution in [0.4, 0.5) is 0 Å². The van der Waals surface area contributed by atoms with Crippen LogP contribution < -0.4 is 5.32 Å². The topological polar surface area (TPSA) is 12.0 Å². The lowest BCUT2D eigenvalue weighted by molar-refractivity contribution is 0.757. The van der Waals surface area contributed by atoms with Gasteiger partial charge in [-0.25, -0.2) is 0 Å². The van der Waals surface area contributed by atoms with Crippen molar-refractivity contribution < 1.29 is 0 Å². The predicted molar refractivity (Wildman–Crippen MR) is 62.2 cm³/mol. The van der Waals surface area contributed by atoms with Gasteiger partial charge in [-0.3, -0.25) is 0 Å². The molecule has 0 aliphatic rings. The molecule has 0 radical (unpaired) electrons. The summed E-state index contributed by atoms with van der Waals surface area (Å²) in [6.07, 6.45) is 6.85. The van der Waals surface area contributed by atoms with Gasteiger partial charge in [0.15, 0.2) is 0 Å². The van der Waals surface area contributed by atoms with E-state index in [0.717, 1.165) is 13.1 Å². The van der Waals surface area contributed by atoms with Gasteiger partial charge in [0.05, 0.1) is 0 Å². The maximum atomic E-state index is 3.37. The molecule has 1 heteroatoms. The zero-order valence-electron chi connectivity index (χ0n) is 8.87. The van der Waals surface area contributed by atoms with Crippen molar-refractivity contribution in [3.63, 3.8) is 0 Å². The summed E-state index contributed by atoms with van der Waals surface area (Å²) in [5.41, 5.74) is 1.34. The van der Waals surface area contributed by atoms with Crippen molar-refractivity contribution in [2.24, 2.45) is 0 Å². The van der Waals surface area contributed by atoms with Crippen LogP contribution in [0, 0.1) is 0 Å². The highest BCUT2D eigenvalue weighted by molar-refractivity contribution is 5.14. The first-order valence-electron chi connectivity index (χ1n) is 5.33.